The van der Waals surface area contributed by atoms with Crippen LogP contribution in [0.2, 0.25) is 5.02 Å². The Morgan fingerprint density at radius 1 is 1.14 bits per heavy atom. The lowest BCUT2D eigenvalue weighted by Gasteiger charge is -2.15. The van der Waals surface area contributed by atoms with Crippen LogP contribution >= 0.6 is 11.6 Å². The van der Waals surface area contributed by atoms with Crippen LogP contribution in [-0.2, 0) is 11.2 Å². The second kappa shape index (κ2) is 9.58. The molecule has 0 saturated heterocycles. The first-order valence-corrected chi connectivity index (χ1v) is 9.83. The first-order chi connectivity index (χ1) is 14.0. The molecule has 0 fully saturated rings. The van der Waals surface area contributed by atoms with E-state index in [1.165, 1.54) is 0 Å². The molecule has 3 aromatic rings. The molecule has 0 aliphatic carbocycles. The van der Waals surface area contributed by atoms with Crippen LogP contribution in [0, 0.1) is 13.8 Å². The highest BCUT2D eigenvalue weighted by Crippen LogP contribution is 2.27. The SMILES string of the molecule is COCCCc1cc(Cl)c(C)cc1NC(=O)Nc1c(C)cnn1-c1ccccc1. The van der Waals surface area contributed by atoms with E-state index < -0.39 is 0 Å². The number of hydrogen-bond acceptors (Lipinski definition) is 3. The predicted octanol–water partition coefficient (Wildman–Crippen LogP) is 5.37. The molecule has 1 heterocycles. The molecule has 2 N–H and O–H groups in total. The third kappa shape index (κ3) is 5.16. The van der Waals surface area contributed by atoms with Crippen molar-refractivity contribution < 1.29 is 9.53 Å². The largest absolute Gasteiger partial charge is 0.385 e. The number of ether oxygens (including phenoxy) is 1. The van der Waals surface area contributed by atoms with Crippen molar-refractivity contribution in [2.24, 2.45) is 0 Å². The summed E-state index contributed by atoms with van der Waals surface area (Å²) in [6.07, 6.45) is 3.32. The van der Waals surface area contributed by atoms with Crippen LogP contribution in [0.25, 0.3) is 5.69 Å². The maximum Gasteiger partial charge on any atom is 0.324 e. The Bertz CT molecular complexity index is 986. The van der Waals surface area contributed by atoms with Gasteiger partial charge >= 0.3 is 6.03 Å². The molecule has 2 amide bonds. The number of carbonyl (C=O) groups excluding carboxylic acids is 1. The lowest BCUT2D eigenvalue weighted by molar-refractivity contribution is 0.195. The summed E-state index contributed by atoms with van der Waals surface area (Å²) < 4.78 is 6.84. The van der Waals surface area contributed by atoms with Crippen molar-refractivity contribution in [3.8, 4) is 5.69 Å². The van der Waals surface area contributed by atoms with Gasteiger partial charge in [0, 0.05) is 30.0 Å². The molecule has 0 atom stereocenters. The minimum Gasteiger partial charge on any atom is -0.385 e. The third-order valence-electron chi connectivity index (χ3n) is 4.61. The third-order valence-corrected chi connectivity index (χ3v) is 5.02. The molecule has 0 spiro atoms. The van der Waals surface area contributed by atoms with Gasteiger partial charge in [-0.3, -0.25) is 5.32 Å². The normalized spacial score (nSPS) is 10.8. The molecule has 152 valence electrons. The summed E-state index contributed by atoms with van der Waals surface area (Å²) in [6.45, 7) is 4.47. The average molecular weight is 413 g/mol. The van der Waals surface area contributed by atoms with Gasteiger partial charge in [0.05, 0.1) is 11.9 Å². The number of rotatable bonds is 7. The highest BCUT2D eigenvalue weighted by molar-refractivity contribution is 6.31. The first-order valence-electron chi connectivity index (χ1n) is 9.45. The summed E-state index contributed by atoms with van der Waals surface area (Å²) in [7, 11) is 1.67. The van der Waals surface area contributed by atoms with Crippen LogP contribution in [0.15, 0.2) is 48.7 Å². The highest BCUT2D eigenvalue weighted by Gasteiger charge is 2.14. The monoisotopic (exact) mass is 412 g/mol. The summed E-state index contributed by atoms with van der Waals surface area (Å²) in [4.78, 5) is 12.8. The number of urea groups is 1. The van der Waals surface area contributed by atoms with E-state index in [-0.39, 0.29) is 6.03 Å². The summed E-state index contributed by atoms with van der Waals surface area (Å²) in [5.74, 6) is 0.625. The maximum atomic E-state index is 12.8. The van der Waals surface area contributed by atoms with Crippen LogP contribution in [-0.4, -0.2) is 29.5 Å². The molecule has 0 aliphatic heterocycles. The number of aryl methyl sites for hydroxylation is 3. The minimum absolute atomic E-state index is 0.333. The molecule has 0 aliphatic rings. The van der Waals surface area contributed by atoms with Gasteiger partial charge in [-0.25, -0.2) is 9.48 Å². The first kappa shape index (κ1) is 20.9. The smallest absolute Gasteiger partial charge is 0.324 e. The number of benzene rings is 2. The van der Waals surface area contributed by atoms with Crippen LogP contribution in [0.5, 0.6) is 0 Å². The minimum atomic E-state index is -0.333. The number of anilines is 2. The Hall–Kier alpha value is -2.83. The zero-order chi connectivity index (χ0) is 20.8. The van der Waals surface area contributed by atoms with Crippen molar-refractivity contribution >= 4 is 29.1 Å². The van der Waals surface area contributed by atoms with E-state index in [1.54, 1.807) is 18.0 Å². The number of methoxy groups -OCH3 is 1. The van der Waals surface area contributed by atoms with E-state index in [9.17, 15) is 4.79 Å². The van der Waals surface area contributed by atoms with Crippen LogP contribution in [0.1, 0.15) is 23.1 Å². The standard InChI is InChI=1S/C22H25ClN4O2/c1-15-12-20(17(13-19(15)23)8-7-11-29-3)25-22(28)26-21-16(2)14-24-27(21)18-9-5-4-6-10-18/h4-6,9-10,12-14H,7-8,11H2,1-3H3,(H2,25,26,28). The Labute approximate surface area is 175 Å². The van der Waals surface area contributed by atoms with Gasteiger partial charge in [0.15, 0.2) is 0 Å². The fourth-order valence-electron chi connectivity index (χ4n) is 3.06. The molecule has 0 bridgehead atoms. The summed E-state index contributed by atoms with van der Waals surface area (Å²) in [5, 5.41) is 11.0. The molecule has 0 radical (unpaired) electrons. The van der Waals surface area contributed by atoms with Gasteiger partial charge in [-0.15, -0.1) is 0 Å². The molecule has 1 aromatic heterocycles. The lowest BCUT2D eigenvalue weighted by Crippen LogP contribution is -2.22. The number of hydrogen-bond donors (Lipinski definition) is 2. The van der Waals surface area contributed by atoms with E-state index in [0.717, 1.165) is 40.9 Å². The Morgan fingerprint density at radius 3 is 2.62 bits per heavy atom. The number of aromatic nitrogens is 2. The van der Waals surface area contributed by atoms with E-state index in [2.05, 4.69) is 15.7 Å². The van der Waals surface area contributed by atoms with E-state index >= 15 is 0 Å². The van der Waals surface area contributed by atoms with Crippen LogP contribution in [0.4, 0.5) is 16.3 Å². The molecule has 29 heavy (non-hydrogen) atoms. The number of halogens is 1. The van der Waals surface area contributed by atoms with Gasteiger partial charge in [0.25, 0.3) is 0 Å². The fraction of sp³-hybridized carbons (Fsp3) is 0.273. The van der Waals surface area contributed by atoms with E-state index in [1.807, 2.05) is 56.3 Å². The van der Waals surface area contributed by atoms with Gasteiger partial charge in [-0.05, 0) is 62.1 Å². The molecule has 2 aromatic carbocycles. The number of amides is 2. The number of nitrogens with one attached hydrogen (secondary N) is 2. The second-order valence-corrected chi connectivity index (χ2v) is 7.26. The van der Waals surface area contributed by atoms with Gasteiger partial charge in [0.1, 0.15) is 5.82 Å². The summed E-state index contributed by atoms with van der Waals surface area (Å²) in [5.41, 5.74) is 4.36. The average Bonchev–Trinajstić information content (AvgIpc) is 3.06. The Balaban J connectivity index is 1.80. The number of nitrogens with zero attached hydrogens (tertiary/aromatic N) is 2. The Morgan fingerprint density at radius 2 is 1.90 bits per heavy atom. The van der Waals surface area contributed by atoms with Gasteiger partial charge in [0.2, 0.25) is 0 Å². The van der Waals surface area contributed by atoms with Gasteiger partial charge < -0.3 is 10.1 Å². The molecule has 0 unspecified atom stereocenters. The zero-order valence-electron chi connectivity index (χ0n) is 16.8. The number of para-hydroxylation sites is 1. The van der Waals surface area contributed by atoms with Gasteiger partial charge in [-0.2, -0.15) is 5.10 Å². The van der Waals surface area contributed by atoms with Crippen LogP contribution < -0.4 is 10.6 Å². The van der Waals surface area contributed by atoms with Crippen molar-refractivity contribution in [1.82, 2.24) is 9.78 Å². The lowest BCUT2D eigenvalue weighted by atomic mass is 10.0. The molecule has 0 saturated carbocycles. The molecular formula is C22H25ClN4O2. The molecule has 3 rings (SSSR count). The Kier molecular flexibility index (Phi) is 6.90. The summed E-state index contributed by atoms with van der Waals surface area (Å²) in [6, 6.07) is 13.1. The number of carbonyl (C=O) groups is 1. The van der Waals surface area contributed by atoms with Gasteiger partial charge in [-0.1, -0.05) is 29.8 Å². The van der Waals surface area contributed by atoms with Crippen molar-refractivity contribution in [2.45, 2.75) is 26.7 Å². The zero-order valence-corrected chi connectivity index (χ0v) is 17.6. The molecule has 7 heteroatoms. The van der Waals surface area contributed by atoms with Crippen LogP contribution in [0.3, 0.4) is 0 Å². The highest BCUT2D eigenvalue weighted by atomic mass is 35.5. The second-order valence-electron chi connectivity index (χ2n) is 6.86. The fourth-order valence-corrected chi connectivity index (χ4v) is 3.25. The topological polar surface area (TPSA) is 68.2 Å². The van der Waals surface area contributed by atoms with E-state index in [0.29, 0.717) is 17.4 Å². The quantitative estimate of drug-likeness (QED) is 0.513. The predicted molar refractivity (Wildman–Crippen MR) is 117 cm³/mol. The maximum absolute atomic E-state index is 12.8. The molecular weight excluding hydrogens is 388 g/mol. The van der Waals surface area contributed by atoms with Crippen molar-refractivity contribution in [3.05, 3.63) is 70.4 Å². The molecule has 6 nitrogen and oxygen atoms in total. The van der Waals surface area contributed by atoms with Crippen molar-refractivity contribution in [1.29, 1.82) is 0 Å². The van der Waals surface area contributed by atoms with Crippen molar-refractivity contribution in [3.63, 3.8) is 0 Å². The van der Waals surface area contributed by atoms with E-state index in [4.69, 9.17) is 16.3 Å². The summed E-state index contributed by atoms with van der Waals surface area (Å²) >= 11 is 6.29. The van der Waals surface area contributed by atoms with Crippen molar-refractivity contribution in [2.75, 3.05) is 24.4 Å².